The lowest BCUT2D eigenvalue weighted by molar-refractivity contribution is 0.660. The summed E-state index contributed by atoms with van der Waals surface area (Å²) in [5.74, 6) is 0. The van der Waals surface area contributed by atoms with Crippen molar-refractivity contribution in [3.63, 3.8) is 0 Å². The molecule has 0 N–H and O–H groups in total. The summed E-state index contributed by atoms with van der Waals surface area (Å²) in [5, 5.41) is 2.22. The third-order valence-corrected chi connectivity index (χ3v) is 19.1. The van der Waals surface area contributed by atoms with E-state index in [1.54, 1.807) is 0 Å². The Balaban J connectivity index is 0.969. The molecule has 13 aromatic rings. The molecule has 1 aromatic heterocycles. The van der Waals surface area contributed by atoms with Crippen molar-refractivity contribution in [3.05, 3.63) is 311 Å². The van der Waals surface area contributed by atoms with Gasteiger partial charge in [0, 0.05) is 49.9 Å². The lowest BCUT2D eigenvalue weighted by Gasteiger charge is -2.34. The molecule has 4 aliphatic carbocycles. The van der Waals surface area contributed by atoms with Crippen LogP contribution in [0.1, 0.15) is 72.2 Å². The van der Waals surface area contributed by atoms with E-state index >= 15 is 0 Å². The Hall–Kier alpha value is -9.96. The van der Waals surface area contributed by atoms with Gasteiger partial charge in [-0.3, -0.25) is 0 Å². The highest BCUT2D eigenvalue weighted by Gasteiger charge is 2.53. The Kier molecular flexibility index (Phi) is 9.74. The van der Waals surface area contributed by atoms with Crippen molar-refractivity contribution in [2.45, 2.75) is 43.9 Å². The van der Waals surface area contributed by atoms with Gasteiger partial charge in [0.15, 0.2) is 5.58 Å². The van der Waals surface area contributed by atoms with E-state index in [4.69, 9.17) is 4.42 Å². The molecule has 17 rings (SSSR count). The number of para-hydroxylation sites is 3. The van der Waals surface area contributed by atoms with Crippen LogP contribution in [0.25, 0.3) is 77.6 Å². The van der Waals surface area contributed by atoms with Crippen LogP contribution in [-0.2, 0) is 16.2 Å². The molecule has 0 unspecified atom stereocenters. The molecule has 0 saturated carbocycles. The zero-order chi connectivity index (χ0) is 54.6. The Morgan fingerprint density at radius 3 is 1.30 bits per heavy atom. The molecule has 388 valence electrons. The van der Waals surface area contributed by atoms with Crippen molar-refractivity contribution in [3.8, 4) is 55.6 Å². The number of furan rings is 1. The Morgan fingerprint density at radius 1 is 0.293 bits per heavy atom. The zero-order valence-corrected chi connectivity index (χ0v) is 46.2. The van der Waals surface area contributed by atoms with Gasteiger partial charge in [0.1, 0.15) is 5.58 Å². The second kappa shape index (κ2) is 17.0. The summed E-state index contributed by atoms with van der Waals surface area (Å²) in [6.07, 6.45) is 0. The molecule has 3 nitrogen and oxygen atoms in total. The maximum Gasteiger partial charge on any atom is 0.160 e. The monoisotopic (exact) mass is 1050 g/mol. The third-order valence-electron chi connectivity index (χ3n) is 19.1. The van der Waals surface area contributed by atoms with Crippen LogP contribution in [0, 0.1) is 0 Å². The summed E-state index contributed by atoms with van der Waals surface area (Å²) in [6.45, 7) is 9.51. The topological polar surface area (TPSA) is 19.6 Å². The largest absolute Gasteiger partial charge is 0.454 e. The average molecular weight is 1050 g/mol. The highest BCUT2D eigenvalue weighted by molar-refractivity contribution is 6.20. The van der Waals surface area contributed by atoms with Crippen LogP contribution in [0.4, 0.5) is 34.1 Å². The number of benzene rings is 12. The molecule has 1 spiro atoms. The second-order valence-electron chi connectivity index (χ2n) is 23.9. The third kappa shape index (κ3) is 6.25. The Labute approximate surface area is 478 Å². The maximum atomic E-state index is 7.38. The van der Waals surface area contributed by atoms with Gasteiger partial charge in [0.2, 0.25) is 0 Å². The van der Waals surface area contributed by atoms with E-state index < -0.39 is 5.41 Å². The first kappa shape index (κ1) is 46.9. The lowest BCUT2D eigenvalue weighted by Crippen LogP contribution is -2.26. The minimum atomic E-state index is -0.731. The second-order valence-corrected chi connectivity index (χ2v) is 23.9. The average Bonchev–Trinajstić information content (AvgIpc) is 1.85. The first-order chi connectivity index (χ1) is 40.2. The molecule has 1 heterocycles. The maximum absolute atomic E-state index is 7.38. The lowest BCUT2D eigenvalue weighted by atomic mass is 9.70. The van der Waals surface area contributed by atoms with Crippen LogP contribution >= 0.6 is 0 Å². The van der Waals surface area contributed by atoms with E-state index in [0.29, 0.717) is 0 Å². The Morgan fingerprint density at radius 2 is 0.720 bits per heavy atom. The molecular weight excluding hydrogens is 993 g/mol. The predicted molar refractivity (Wildman–Crippen MR) is 340 cm³/mol. The van der Waals surface area contributed by atoms with Gasteiger partial charge in [-0.25, -0.2) is 0 Å². The smallest absolute Gasteiger partial charge is 0.160 e. The summed E-state index contributed by atoms with van der Waals surface area (Å²) in [4.78, 5) is 5.00. The summed E-state index contributed by atoms with van der Waals surface area (Å²) in [7, 11) is 0. The van der Waals surface area contributed by atoms with Crippen LogP contribution in [0.5, 0.6) is 0 Å². The summed E-state index contributed by atoms with van der Waals surface area (Å²) in [5.41, 5.74) is 30.0. The first-order valence-electron chi connectivity index (χ1n) is 28.8. The number of nitrogens with zero attached hydrogens (tertiary/aromatic N) is 2. The first-order valence-corrected chi connectivity index (χ1v) is 28.8. The fraction of sp³-hybridized carbons (Fsp3) is 0.0886. The van der Waals surface area contributed by atoms with Crippen LogP contribution in [0.2, 0.25) is 0 Å². The number of fused-ring (bicyclic) bond motifs is 20. The van der Waals surface area contributed by atoms with Gasteiger partial charge in [-0.15, -0.1) is 0 Å². The van der Waals surface area contributed by atoms with Gasteiger partial charge in [-0.05, 0) is 161 Å². The minimum absolute atomic E-state index is 0.196. The molecule has 82 heavy (non-hydrogen) atoms. The molecular formula is C79H56N2O. The van der Waals surface area contributed by atoms with Crippen molar-refractivity contribution in [1.82, 2.24) is 0 Å². The number of hydrogen-bond donors (Lipinski definition) is 0. The van der Waals surface area contributed by atoms with Gasteiger partial charge in [-0.2, -0.15) is 0 Å². The number of anilines is 6. The fourth-order valence-corrected chi connectivity index (χ4v) is 15.4. The standard InChI is InChI=1S/C79H56N2O/c1-77(2)63-33-17-11-28-55(63)59-42-39-51(45-67(59)77)80(50-25-9-6-10-26-50)72-48-70-74(75-62-32-16-22-38-73(62)82-76(72)75)61-44-41-53(47-69(61)79(70)65-35-19-13-30-57(65)58-31-14-20-36-66(58)79)81(71-37-21-15-27-54(71)49-23-7-5-8-24-49)52-40-43-60-56-29-12-18-34-64(56)78(3,4)68(60)46-52/h5-48H,1-4H3. The highest BCUT2D eigenvalue weighted by Crippen LogP contribution is 2.67. The molecule has 0 amide bonds. The van der Waals surface area contributed by atoms with Gasteiger partial charge in [-0.1, -0.05) is 228 Å². The molecule has 4 aliphatic rings. The molecule has 12 aromatic carbocycles. The van der Waals surface area contributed by atoms with E-state index in [1.165, 1.54) is 94.6 Å². The van der Waals surface area contributed by atoms with Crippen molar-refractivity contribution >= 4 is 56.1 Å². The van der Waals surface area contributed by atoms with Crippen LogP contribution in [0.3, 0.4) is 0 Å². The van der Waals surface area contributed by atoms with E-state index in [2.05, 4.69) is 304 Å². The van der Waals surface area contributed by atoms with Crippen molar-refractivity contribution in [1.29, 1.82) is 0 Å². The van der Waals surface area contributed by atoms with Gasteiger partial charge < -0.3 is 14.2 Å². The van der Waals surface area contributed by atoms with Gasteiger partial charge >= 0.3 is 0 Å². The van der Waals surface area contributed by atoms with Crippen LogP contribution < -0.4 is 9.80 Å². The normalized spacial score (nSPS) is 14.6. The van der Waals surface area contributed by atoms with Crippen LogP contribution in [-0.4, -0.2) is 0 Å². The molecule has 3 heteroatoms. The molecule has 0 fully saturated rings. The van der Waals surface area contributed by atoms with Crippen molar-refractivity contribution in [2.75, 3.05) is 9.80 Å². The highest BCUT2D eigenvalue weighted by atomic mass is 16.3. The fourth-order valence-electron chi connectivity index (χ4n) is 15.4. The number of hydrogen-bond acceptors (Lipinski definition) is 3. The number of rotatable bonds is 7. The van der Waals surface area contributed by atoms with Crippen molar-refractivity contribution in [2.24, 2.45) is 0 Å². The van der Waals surface area contributed by atoms with Crippen molar-refractivity contribution < 1.29 is 4.42 Å². The van der Waals surface area contributed by atoms with E-state index in [9.17, 15) is 0 Å². The zero-order valence-electron chi connectivity index (χ0n) is 46.2. The predicted octanol–water partition coefficient (Wildman–Crippen LogP) is 21.1. The van der Waals surface area contributed by atoms with Gasteiger partial charge in [0.05, 0.1) is 16.8 Å². The Bertz CT molecular complexity index is 4780. The molecule has 0 aliphatic heterocycles. The SMILES string of the molecule is CC1(C)c2ccccc2-c2ccc(N(c3ccc4c(c3)C3(c5ccccc5-c5ccccc53)c3cc(N(c5ccccc5)c5ccc6c(c5)C(C)(C)c5ccccc5-6)c5oc6ccccc6c5c3-4)c3ccccc3-c3ccccc3)cc21. The quantitative estimate of drug-likeness (QED) is 0.159. The molecule has 0 radical (unpaired) electrons. The molecule has 0 bridgehead atoms. The van der Waals surface area contributed by atoms with E-state index in [-0.39, 0.29) is 10.8 Å². The summed E-state index contributed by atoms with van der Waals surface area (Å²) >= 11 is 0. The summed E-state index contributed by atoms with van der Waals surface area (Å²) < 4.78 is 7.38. The molecule has 0 saturated heterocycles. The minimum Gasteiger partial charge on any atom is -0.454 e. The van der Waals surface area contributed by atoms with Gasteiger partial charge in [0.25, 0.3) is 0 Å². The van der Waals surface area contributed by atoms with E-state index in [0.717, 1.165) is 61.6 Å². The molecule has 0 atom stereocenters. The van der Waals surface area contributed by atoms with E-state index in [1.807, 2.05) is 0 Å². The van der Waals surface area contributed by atoms with Crippen LogP contribution in [0.15, 0.2) is 271 Å². The summed E-state index contributed by atoms with van der Waals surface area (Å²) in [6, 6.07) is 99.8.